The Hall–Kier alpha value is -0.0800. The summed E-state index contributed by atoms with van der Waals surface area (Å²) in [6.45, 7) is 3.40. The fraction of sp³-hybridized carbons (Fsp3) is 1.00. The Balaban J connectivity index is 2.02. The molecule has 1 fully saturated rings. The lowest BCUT2D eigenvalue weighted by Crippen LogP contribution is -2.32. The van der Waals surface area contributed by atoms with E-state index in [4.69, 9.17) is 0 Å². The van der Waals surface area contributed by atoms with Crippen LogP contribution in [0, 0.1) is 0 Å². The molecule has 0 heterocycles. The van der Waals surface area contributed by atoms with Crippen molar-refractivity contribution in [1.82, 2.24) is 10.6 Å². The average Bonchev–Trinajstić information content (AvgIpc) is 2.81. The van der Waals surface area contributed by atoms with Crippen LogP contribution in [0.3, 0.4) is 0 Å². The average molecular weight is 156 g/mol. The topological polar surface area (TPSA) is 24.1 Å². The van der Waals surface area contributed by atoms with Crippen molar-refractivity contribution in [1.29, 1.82) is 0 Å². The number of hydrogen-bond acceptors (Lipinski definition) is 2. The van der Waals surface area contributed by atoms with Gasteiger partial charge in [0, 0.05) is 12.1 Å². The largest absolute Gasteiger partial charge is 0.320 e. The molecular formula is C9H20N2. The molecule has 1 saturated carbocycles. The first-order chi connectivity index (χ1) is 5.36. The number of nitrogens with one attached hydrogen (secondary N) is 2. The van der Waals surface area contributed by atoms with Gasteiger partial charge in [-0.2, -0.15) is 0 Å². The summed E-state index contributed by atoms with van der Waals surface area (Å²) < 4.78 is 0. The van der Waals surface area contributed by atoms with Gasteiger partial charge >= 0.3 is 0 Å². The van der Waals surface area contributed by atoms with Gasteiger partial charge < -0.3 is 10.6 Å². The van der Waals surface area contributed by atoms with E-state index in [-0.39, 0.29) is 0 Å². The minimum Gasteiger partial charge on any atom is -0.320 e. The van der Waals surface area contributed by atoms with Crippen LogP contribution in [-0.4, -0.2) is 25.7 Å². The van der Waals surface area contributed by atoms with Gasteiger partial charge in [-0.1, -0.05) is 6.92 Å². The summed E-state index contributed by atoms with van der Waals surface area (Å²) in [6.07, 6.45) is 5.33. The molecule has 0 spiro atoms. The second-order valence-corrected chi connectivity index (χ2v) is 3.44. The highest BCUT2D eigenvalue weighted by Gasteiger charge is 2.23. The molecule has 11 heavy (non-hydrogen) atoms. The van der Waals surface area contributed by atoms with Gasteiger partial charge in [-0.3, -0.25) is 0 Å². The first kappa shape index (κ1) is 9.01. The summed E-state index contributed by atoms with van der Waals surface area (Å²) in [6, 6.07) is 1.60. The van der Waals surface area contributed by atoms with Gasteiger partial charge in [-0.15, -0.1) is 0 Å². The van der Waals surface area contributed by atoms with Crippen molar-refractivity contribution in [3.63, 3.8) is 0 Å². The molecule has 66 valence electrons. The summed E-state index contributed by atoms with van der Waals surface area (Å²) >= 11 is 0. The Morgan fingerprint density at radius 2 is 2.18 bits per heavy atom. The van der Waals surface area contributed by atoms with Crippen LogP contribution in [-0.2, 0) is 0 Å². The van der Waals surface area contributed by atoms with Crippen LogP contribution in [0.5, 0.6) is 0 Å². The van der Waals surface area contributed by atoms with Crippen molar-refractivity contribution in [3.8, 4) is 0 Å². The molecule has 0 aliphatic heterocycles. The molecule has 1 unspecified atom stereocenters. The van der Waals surface area contributed by atoms with E-state index in [9.17, 15) is 0 Å². The van der Waals surface area contributed by atoms with E-state index in [1.54, 1.807) is 0 Å². The predicted molar refractivity (Wildman–Crippen MR) is 48.8 cm³/mol. The minimum atomic E-state index is 0.745. The summed E-state index contributed by atoms with van der Waals surface area (Å²) in [7, 11) is 2.02. The van der Waals surface area contributed by atoms with Crippen molar-refractivity contribution < 1.29 is 0 Å². The van der Waals surface area contributed by atoms with Crippen molar-refractivity contribution >= 4 is 0 Å². The Labute approximate surface area is 69.8 Å². The van der Waals surface area contributed by atoms with Crippen LogP contribution in [0.15, 0.2) is 0 Å². The fourth-order valence-corrected chi connectivity index (χ4v) is 1.31. The third-order valence-corrected chi connectivity index (χ3v) is 2.28. The predicted octanol–water partition coefficient (Wildman–Crippen LogP) is 1.13. The fourth-order valence-electron chi connectivity index (χ4n) is 1.31. The smallest absolute Gasteiger partial charge is 0.00791 e. The van der Waals surface area contributed by atoms with Gasteiger partial charge in [0.05, 0.1) is 0 Å². The van der Waals surface area contributed by atoms with E-state index >= 15 is 0 Å². The summed E-state index contributed by atoms with van der Waals surface area (Å²) in [4.78, 5) is 0. The molecular weight excluding hydrogens is 136 g/mol. The van der Waals surface area contributed by atoms with Crippen molar-refractivity contribution in [2.75, 3.05) is 13.6 Å². The van der Waals surface area contributed by atoms with Crippen LogP contribution in [0.4, 0.5) is 0 Å². The molecule has 0 saturated heterocycles. The van der Waals surface area contributed by atoms with Crippen LogP contribution in [0.25, 0.3) is 0 Å². The molecule has 0 aromatic rings. The van der Waals surface area contributed by atoms with E-state index < -0.39 is 0 Å². The third-order valence-electron chi connectivity index (χ3n) is 2.28. The first-order valence-corrected chi connectivity index (χ1v) is 4.77. The SMILES string of the molecule is CCC(CCNC)NC1CC1. The van der Waals surface area contributed by atoms with Gasteiger partial charge in [-0.05, 0) is 39.3 Å². The second-order valence-electron chi connectivity index (χ2n) is 3.44. The van der Waals surface area contributed by atoms with E-state index in [0.717, 1.165) is 18.6 Å². The number of hydrogen-bond donors (Lipinski definition) is 2. The van der Waals surface area contributed by atoms with Gasteiger partial charge in [0.15, 0.2) is 0 Å². The van der Waals surface area contributed by atoms with Gasteiger partial charge in [-0.25, -0.2) is 0 Å². The van der Waals surface area contributed by atoms with E-state index in [1.807, 2.05) is 7.05 Å². The van der Waals surface area contributed by atoms with Crippen molar-refractivity contribution in [2.24, 2.45) is 0 Å². The maximum Gasteiger partial charge on any atom is 0.00791 e. The van der Waals surface area contributed by atoms with E-state index in [2.05, 4.69) is 17.6 Å². The normalized spacial score (nSPS) is 20.2. The lowest BCUT2D eigenvalue weighted by Gasteiger charge is -2.15. The summed E-state index contributed by atoms with van der Waals surface area (Å²) in [5, 5.41) is 6.82. The van der Waals surface area contributed by atoms with Crippen molar-refractivity contribution in [3.05, 3.63) is 0 Å². The van der Waals surface area contributed by atoms with E-state index in [0.29, 0.717) is 0 Å². The monoisotopic (exact) mass is 156 g/mol. The van der Waals surface area contributed by atoms with Gasteiger partial charge in [0.1, 0.15) is 0 Å². The highest BCUT2D eigenvalue weighted by atomic mass is 15.0. The summed E-state index contributed by atoms with van der Waals surface area (Å²) in [5.41, 5.74) is 0. The first-order valence-electron chi connectivity index (χ1n) is 4.77. The van der Waals surface area contributed by atoms with Crippen LogP contribution in [0.1, 0.15) is 32.6 Å². The summed E-state index contributed by atoms with van der Waals surface area (Å²) in [5.74, 6) is 0. The van der Waals surface area contributed by atoms with Crippen LogP contribution < -0.4 is 10.6 Å². The molecule has 2 nitrogen and oxygen atoms in total. The quantitative estimate of drug-likeness (QED) is 0.602. The van der Waals surface area contributed by atoms with Gasteiger partial charge in [0.25, 0.3) is 0 Å². The van der Waals surface area contributed by atoms with Crippen LogP contribution in [0.2, 0.25) is 0 Å². The molecule has 0 radical (unpaired) electrons. The van der Waals surface area contributed by atoms with Gasteiger partial charge in [0.2, 0.25) is 0 Å². The molecule has 1 rings (SSSR count). The number of rotatable bonds is 6. The molecule has 1 aliphatic rings. The standard InChI is InChI=1S/C9H20N2/c1-3-8(6-7-10-2)11-9-4-5-9/h8-11H,3-7H2,1-2H3. The molecule has 0 bridgehead atoms. The zero-order valence-corrected chi connectivity index (χ0v) is 7.69. The molecule has 2 N–H and O–H groups in total. The molecule has 2 heteroatoms. The molecule has 0 aromatic carbocycles. The highest BCUT2D eigenvalue weighted by Crippen LogP contribution is 2.20. The minimum absolute atomic E-state index is 0.745. The lowest BCUT2D eigenvalue weighted by atomic mass is 10.1. The Bertz CT molecular complexity index is 99.7. The van der Waals surface area contributed by atoms with E-state index in [1.165, 1.54) is 25.7 Å². The Morgan fingerprint density at radius 1 is 1.45 bits per heavy atom. The van der Waals surface area contributed by atoms with Crippen LogP contribution >= 0.6 is 0 Å². The lowest BCUT2D eigenvalue weighted by molar-refractivity contribution is 0.458. The highest BCUT2D eigenvalue weighted by molar-refractivity contribution is 4.84. The Kier molecular flexibility index (Phi) is 3.87. The second kappa shape index (κ2) is 4.73. The zero-order valence-electron chi connectivity index (χ0n) is 7.69. The maximum atomic E-state index is 3.64. The molecule has 0 aromatic heterocycles. The molecule has 1 aliphatic carbocycles. The molecule has 1 atom stereocenters. The Morgan fingerprint density at radius 3 is 2.64 bits per heavy atom. The zero-order chi connectivity index (χ0) is 8.10. The maximum absolute atomic E-state index is 3.64. The van der Waals surface area contributed by atoms with Crippen molar-refractivity contribution in [2.45, 2.75) is 44.7 Å². The third kappa shape index (κ3) is 3.73. The molecule has 0 amide bonds.